The number of para-hydroxylation sites is 1. The van der Waals surface area contributed by atoms with Crippen molar-refractivity contribution in [2.24, 2.45) is 0 Å². The Morgan fingerprint density at radius 1 is 1.03 bits per heavy atom. The number of hydrogen-bond donors (Lipinski definition) is 0. The molecule has 0 saturated carbocycles. The van der Waals surface area contributed by atoms with Crippen LogP contribution in [0.2, 0.25) is 0 Å². The van der Waals surface area contributed by atoms with Crippen LogP contribution in [-0.2, 0) is 0 Å². The van der Waals surface area contributed by atoms with Crippen molar-refractivity contribution in [3.05, 3.63) is 93.8 Å². The van der Waals surface area contributed by atoms with Crippen LogP contribution in [0.1, 0.15) is 34.6 Å². The van der Waals surface area contributed by atoms with Crippen LogP contribution >= 0.6 is 11.3 Å². The van der Waals surface area contributed by atoms with Crippen LogP contribution in [0, 0.1) is 0 Å². The lowest BCUT2D eigenvalue weighted by Gasteiger charge is -2.23. The van der Waals surface area contributed by atoms with E-state index in [1.165, 1.54) is 11.3 Å². The van der Waals surface area contributed by atoms with Crippen LogP contribution in [0.3, 0.4) is 0 Å². The fourth-order valence-electron chi connectivity index (χ4n) is 4.50. The van der Waals surface area contributed by atoms with Crippen LogP contribution < -0.4 is 19.8 Å². The maximum Gasteiger partial charge on any atom is 0.297 e. The lowest BCUT2D eigenvalue weighted by molar-refractivity contribution is 0.0971. The number of hydrogen-bond acceptors (Lipinski definition) is 7. The highest BCUT2D eigenvalue weighted by molar-refractivity contribution is 7.22. The van der Waals surface area contributed by atoms with E-state index in [1.807, 2.05) is 49.4 Å². The zero-order valence-corrected chi connectivity index (χ0v) is 19.8. The summed E-state index contributed by atoms with van der Waals surface area (Å²) >= 11 is 1.36. The topological polar surface area (TPSA) is 81.9 Å². The number of nitrogens with zero attached hydrogens (tertiary/aromatic N) is 2. The molecule has 0 aliphatic carbocycles. The highest BCUT2D eigenvalue weighted by Gasteiger charge is 2.45. The van der Waals surface area contributed by atoms with Gasteiger partial charge in [-0.2, -0.15) is 0 Å². The molecule has 0 spiro atoms. The minimum absolute atomic E-state index is 0.0392. The Balaban J connectivity index is 1.60. The summed E-state index contributed by atoms with van der Waals surface area (Å²) in [5, 5.41) is 0.904. The molecule has 0 unspecified atom stereocenters. The predicted octanol–water partition coefficient (Wildman–Crippen LogP) is 5.56. The number of amides is 1. The van der Waals surface area contributed by atoms with E-state index in [-0.39, 0.29) is 11.2 Å². The van der Waals surface area contributed by atoms with Crippen LogP contribution in [0.25, 0.3) is 21.2 Å². The number of aromatic nitrogens is 1. The van der Waals surface area contributed by atoms with Crippen molar-refractivity contribution in [1.82, 2.24) is 4.98 Å². The van der Waals surface area contributed by atoms with Crippen LogP contribution in [0.15, 0.2) is 75.9 Å². The molecule has 35 heavy (non-hydrogen) atoms. The van der Waals surface area contributed by atoms with E-state index < -0.39 is 11.9 Å². The molecule has 0 N–H and O–H groups in total. The van der Waals surface area contributed by atoms with Crippen molar-refractivity contribution >= 4 is 43.6 Å². The Morgan fingerprint density at radius 2 is 1.89 bits per heavy atom. The fourth-order valence-corrected chi connectivity index (χ4v) is 5.52. The maximum atomic E-state index is 13.8. The van der Waals surface area contributed by atoms with Gasteiger partial charge in [0.1, 0.15) is 17.1 Å². The zero-order chi connectivity index (χ0) is 24.1. The molecule has 2 aromatic heterocycles. The lowest BCUT2D eigenvalue weighted by Crippen LogP contribution is -2.29. The van der Waals surface area contributed by atoms with Gasteiger partial charge >= 0.3 is 0 Å². The van der Waals surface area contributed by atoms with Crippen molar-refractivity contribution in [3.63, 3.8) is 0 Å². The number of thiazole rings is 1. The van der Waals surface area contributed by atoms with Gasteiger partial charge in [0.15, 0.2) is 10.6 Å². The fraction of sp³-hybridized carbons (Fsp3) is 0.148. The molecule has 1 aliphatic rings. The average molecular weight is 485 g/mol. The van der Waals surface area contributed by atoms with Gasteiger partial charge in [0, 0.05) is 0 Å². The molecule has 1 amide bonds. The van der Waals surface area contributed by atoms with Gasteiger partial charge in [0.25, 0.3) is 5.91 Å². The average Bonchev–Trinajstić information content (AvgIpc) is 3.42. The molecule has 1 atom stereocenters. The number of carbonyl (C=O) groups excluding carboxylic acids is 1. The molecule has 1 aliphatic heterocycles. The highest BCUT2D eigenvalue weighted by atomic mass is 32.1. The smallest absolute Gasteiger partial charge is 0.297 e. The van der Waals surface area contributed by atoms with Gasteiger partial charge in [-0.1, -0.05) is 35.6 Å². The van der Waals surface area contributed by atoms with E-state index in [4.69, 9.17) is 18.9 Å². The second-order valence-electron chi connectivity index (χ2n) is 8.08. The summed E-state index contributed by atoms with van der Waals surface area (Å²) in [7, 11) is 1.60. The summed E-state index contributed by atoms with van der Waals surface area (Å²) in [6.07, 6.45) is 0. The summed E-state index contributed by atoms with van der Waals surface area (Å²) in [6.45, 7) is 2.41. The molecule has 3 heterocycles. The van der Waals surface area contributed by atoms with E-state index in [2.05, 4.69) is 0 Å². The zero-order valence-electron chi connectivity index (χ0n) is 19.0. The molecule has 7 nitrogen and oxygen atoms in total. The number of carbonyl (C=O) groups is 1. The minimum Gasteiger partial charge on any atom is -0.497 e. The molecule has 0 fully saturated rings. The molecule has 174 valence electrons. The van der Waals surface area contributed by atoms with Crippen LogP contribution in [0.4, 0.5) is 5.13 Å². The largest absolute Gasteiger partial charge is 0.497 e. The van der Waals surface area contributed by atoms with Gasteiger partial charge < -0.3 is 13.9 Å². The predicted molar refractivity (Wildman–Crippen MR) is 135 cm³/mol. The SMILES string of the molecule is CCOc1cccc([C@@H]2c3c(oc4ccccc4c3=O)C(=O)N2c2nc3ccc(OC)cc3s2)c1. The first-order valence-corrected chi connectivity index (χ1v) is 12.0. The van der Waals surface area contributed by atoms with Gasteiger partial charge in [0.05, 0.1) is 40.9 Å². The third-order valence-corrected chi connectivity index (χ3v) is 7.07. The first kappa shape index (κ1) is 21.4. The van der Waals surface area contributed by atoms with E-state index in [0.717, 1.165) is 15.8 Å². The van der Waals surface area contributed by atoms with Gasteiger partial charge in [0.2, 0.25) is 5.76 Å². The van der Waals surface area contributed by atoms with Gasteiger partial charge in [-0.15, -0.1) is 0 Å². The molecular weight excluding hydrogens is 464 g/mol. The third kappa shape index (κ3) is 3.37. The van der Waals surface area contributed by atoms with E-state index in [0.29, 0.717) is 39.8 Å². The quantitative estimate of drug-likeness (QED) is 0.325. The van der Waals surface area contributed by atoms with Gasteiger partial charge in [-0.25, -0.2) is 4.98 Å². The van der Waals surface area contributed by atoms with Crippen molar-refractivity contribution < 1.29 is 18.7 Å². The number of fused-ring (bicyclic) bond motifs is 3. The molecule has 6 rings (SSSR count). The first-order valence-electron chi connectivity index (χ1n) is 11.2. The Hall–Kier alpha value is -4.17. The summed E-state index contributed by atoms with van der Waals surface area (Å²) < 4.78 is 17.9. The Morgan fingerprint density at radius 3 is 2.71 bits per heavy atom. The number of rotatable bonds is 5. The second kappa shape index (κ2) is 8.25. The molecule has 0 saturated heterocycles. The first-order chi connectivity index (χ1) is 17.1. The van der Waals surface area contributed by atoms with Crippen LogP contribution in [-0.4, -0.2) is 24.6 Å². The molecule has 3 aromatic carbocycles. The summed E-state index contributed by atoms with van der Waals surface area (Å²) in [4.78, 5) is 33.8. The summed E-state index contributed by atoms with van der Waals surface area (Å²) in [5.74, 6) is 0.996. The summed E-state index contributed by atoms with van der Waals surface area (Å²) in [5.41, 5.74) is 1.93. The normalized spacial score (nSPS) is 15.1. The Bertz CT molecular complexity index is 1670. The van der Waals surface area contributed by atoms with E-state index in [9.17, 15) is 9.59 Å². The molecule has 5 aromatic rings. The number of methoxy groups -OCH3 is 1. The van der Waals surface area contributed by atoms with Gasteiger partial charge in [-0.3, -0.25) is 14.5 Å². The van der Waals surface area contributed by atoms with E-state index in [1.54, 1.807) is 36.3 Å². The summed E-state index contributed by atoms with van der Waals surface area (Å²) in [6, 6.07) is 19.3. The van der Waals surface area contributed by atoms with Crippen molar-refractivity contribution in [2.75, 3.05) is 18.6 Å². The second-order valence-corrected chi connectivity index (χ2v) is 9.09. The molecule has 0 radical (unpaired) electrons. The van der Waals surface area contributed by atoms with Crippen molar-refractivity contribution in [2.45, 2.75) is 13.0 Å². The molecule has 8 heteroatoms. The standard InChI is InChI=1S/C27H20N2O5S/c1-3-33-17-8-6-7-15(13-17)23-22-24(30)18-9-4-5-10-20(18)34-25(22)26(31)29(23)27-28-19-12-11-16(32-2)14-21(19)35-27/h4-14,23H,3H2,1-2H3/t23-/m1/s1. The van der Waals surface area contributed by atoms with Gasteiger partial charge in [-0.05, 0) is 55.0 Å². The third-order valence-electron chi connectivity index (χ3n) is 6.05. The Kier molecular flexibility index (Phi) is 5.04. The van der Waals surface area contributed by atoms with Crippen molar-refractivity contribution in [1.29, 1.82) is 0 Å². The van der Waals surface area contributed by atoms with E-state index >= 15 is 0 Å². The number of benzene rings is 3. The monoisotopic (exact) mass is 484 g/mol. The minimum atomic E-state index is -0.707. The maximum absolute atomic E-state index is 13.8. The molecule has 0 bridgehead atoms. The molecular formula is C27H20N2O5S. The Labute approximate surface area is 204 Å². The lowest BCUT2D eigenvalue weighted by atomic mass is 9.98. The van der Waals surface area contributed by atoms with Crippen molar-refractivity contribution in [3.8, 4) is 11.5 Å². The van der Waals surface area contributed by atoms with Crippen LogP contribution in [0.5, 0.6) is 11.5 Å². The number of ether oxygens (including phenoxy) is 2. The number of anilines is 1. The highest BCUT2D eigenvalue weighted by Crippen LogP contribution is 2.44.